The number of anilines is 2. The van der Waals surface area contributed by atoms with Crippen LogP contribution >= 0.6 is 12.2 Å². The molecular formula is C22H31FN4O5S. The fraction of sp³-hybridized carbons (Fsp3) is 0.591. The summed E-state index contributed by atoms with van der Waals surface area (Å²) in [6, 6.07) is 4.72. The first-order valence-corrected chi connectivity index (χ1v) is 11.4. The van der Waals surface area contributed by atoms with Crippen molar-refractivity contribution < 1.29 is 28.2 Å². The summed E-state index contributed by atoms with van der Waals surface area (Å²) in [6.07, 6.45) is -0.791. The average Bonchev–Trinajstić information content (AvgIpc) is 3.21. The number of amides is 2. The number of nitrogens with zero attached hydrogens (tertiary/aromatic N) is 3. The normalized spacial score (nSPS) is 19.5. The first-order valence-electron chi connectivity index (χ1n) is 11.0. The summed E-state index contributed by atoms with van der Waals surface area (Å²) in [5.74, 6) is -0.561. The molecular weight excluding hydrogens is 451 g/mol. The second-order valence-electron chi connectivity index (χ2n) is 7.90. The standard InChI is InChI=1S/C22H31FN4O5S/c1-4-20(33)24-12-16-13-27(22(29)32-16)15-5-6-18(17(23)11-15)25-7-9-26(10-8-25)21(28)19(31-3)14-30-2/h5-6,11,16,19H,4,7-10,12-14H2,1-3H3,(H,24,33)/t16-,19-/m0/s1. The average molecular weight is 483 g/mol. The molecule has 2 heterocycles. The minimum Gasteiger partial charge on any atom is -0.442 e. The predicted octanol–water partition coefficient (Wildman–Crippen LogP) is 1.79. The van der Waals surface area contributed by atoms with Crippen molar-refractivity contribution in [3.05, 3.63) is 24.0 Å². The minimum atomic E-state index is -0.644. The van der Waals surface area contributed by atoms with E-state index in [4.69, 9.17) is 26.4 Å². The second-order valence-corrected chi connectivity index (χ2v) is 8.39. The Hall–Kier alpha value is -2.50. The molecule has 33 heavy (non-hydrogen) atoms. The number of benzene rings is 1. The first kappa shape index (κ1) is 25.1. The van der Waals surface area contributed by atoms with Crippen LogP contribution in [0.4, 0.5) is 20.6 Å². The molecule has 1 N–H and O–H groups in total. The van der Waals surface area contributed by atoms with Crippen LogP contribution in [0.5, 0.6) is 0 Å². The number of nitrogens with one attached hydrogen (secondary N) is 1. The lowest BCUT2D eigenvalue weighted by Crippen LogP contribution is -2.52. The third-order valence-corrected chi connectivity index (χ3v) is 6.21. The van der Waals surface area contributed by atoms with E-state index in [1.807, 2.05) is 11.8 Å². The van der Waals surface area contributed by atoms with Gasteiger partial charge in [0.25, 0.3) is 5.91 Å². The lowest BCUT2D eigenvalue weighted by atomic mass is 10.2. The Morgan fingerprint density at radius 2 is 2.03 bits per heavy atom. The quantitative estimate of drug-likeness (QED) is 0.534. The molecule has 2 aliphatic heterocycles. The van der Waals surface area contributed by atoms with E-state index in [1.165, 1.54) is 25.2 Å². The number of carbonyl (C=O) groups is 2. The Morgan fingerprint density at radius 1 is 1.30 bits per heavy atom. The fourth-order valence-corrected chi connectivity index (χ4v) is 3.96. The molecule has 0 saturated carbocycles. The van der Waals surface area contributed by atoms with Gasteiger partial charge in [0.15, 0.2) is 6.10 Å². The van der Waals surface area contributed by atoms with Crippen LogP contribution in [0.3, 0.4) is 0 Å². The van der Waals surface area contributed by atoms with Crippen molar-refractivity contribution in [1.29, 1.82) is 0 Å². The molecule has 182 valence electrons. The molecule has 0 bridgehead atoms. The maximum Gasteiger partial charge on any atom is 0.414 e. The molecule has 0 unspecified atom stereocenters. The summed E-state index contributed by atoms with van der Waals surface area (Å²) in [7, 11) is 2.99. The third kappa shape index (κ3) is 6.10. The monoisotopic (exact) mass is 482 g/mol. The fourth-order valence-electron chi connectivity index (χ4n) is 3.87. The molecule has 0 radical (unpaired) electrons. The summed E-state index contributed by atoms with van der Waals surface area (Å²) in [5, 5.41) is 3.06. The van der Waals surface area contributed by atoms with Crippen LogP contribution in [0.25, 0.3) is 0 Å². The van der Waals surface area contributed by atoms with E-state index in [1.54, 1.807) is 17.0 Å². The van der Waals surface area contributed by atoms with Crippen LogP contribution < -0.4 is 15.1 Å². The largest absolute Gasteiger partial charge is 0.442 e. The Balaban J connectivity index is 1.58. The zero-order valence-corrected chi connectivity index (χ0v) is 20.0. The lowest BCUT2D eigenvalue weighted by molar-refractivity contribution is -0.145. The van der Waals surface area contributed by atoms with E-state index < -0.39 is 18.0 Å². The Labute approximate surface area is 198 Å². The zero-order valence-electron chi connectivity index (χ0n) is 19.2. The molecule has 11 heteroatoms. The summed E-state index contributed by atoms with van der Waals surface area (Å²) < 4.78 is 30.6. The summed E-state index contributed by atoms with van der Waals surface area (Å²) >= 11 is 5.13. The molecule has 2 amide bonds. The van der Waals surface area contributed by atoms with Gasteiger partial charge in [-0.3, -0.25) is 9.69 Å². The highest BCUT2D eigenvalue weighted by molar-refractivity contribution is 7.80. The Morgan fingerprint density at radius 3 is 2.64 bits per heavy atom. The van der Waals surface area contributed by atoms with Gasteiger partial charge >= 0.3 is 6.09 Å². The summed E-state index contributed by atoms with van der Waals surface area (Å²) in [5.41, 5.74) is 0.878. The van der Waals surface area contributed by atoms with Gasteiger partial charge < -0.3 is 29.3 Å². The van der Waals surface area contributed by atoms with Gasteiger partial charge in [-0.05, 0) is 24.6 Å². The number of cyclic esters (lactones) is 1. The molecule has 2 atom stereocenters. The maximum atomic E-state index is 15.0. The number of piperazine rings is 1. The van der Waals surface area contributed by atoms with Gasteiger partial charge in [0.2, 0.25) is 0 Å². The molecule has 2 aliphatic rings. The van der Waals surface area contributed by atoms with Gasteiger partial charge in [-0.1, -0.05) is 19.1 Å². The van der Waals surface area contributed by atoms with Crippen LogP contribution in [0, 0.1) is 5.82 Å². The van der Waals surface area contributed by atoms with Crippen molar-refractivity contribution in [2.45, 2.75) is 25.6 Å². The van der Waals surface area contributed by atoms with Crippen LogP contribution in [0.2, 0.25) is 0 Å². The number of hydrogen-bond acceptors (Lipinski definition) is 7. The highest BCUT2D eigenvalue weighted by atomic mass is 32.1. The van der Waals surface area contributed by atoms with Crippen molar-refractivity contribution in [2.75, 3.05) is 69.9 Å². The molecule has 0 aromatic heterocycles. The van der Waals surface area contributed by atoms with Crippen LogP contribution in [0.15, 0.2) is 18.2 Å². The number of rotatable bonds is 9. The first-order chi connectivity index (χ1) is 15.9. The molecule has 0 spiro atoms. The van der Waals surface area contributed by atoms with Crippen molar-refractivity contribution in [2.24, 2.45) is 0 Å². The Kier molecular flexibility index (Phi) is 8.81. The van der Waals surface area contributed by atoms with Gasteiger partial charge in [-0.2, -0.15) is 0 Å². The van der Waals surface area contributed by atoms with Crippen molar-refractivity contribution in [1.82, 2.24) is 10.2 Å². The van der Waals surface area contributed by atoms with Gasteiger partial charge in [-0.25, -0.2) is 9.18 Å². The van der Waals surface area contributed by atoms with Gasteiger partial charge in [0.05, 0.1) is 36.1 Å². The number of thiocarbonyl (C=S) groups is 1. The SMILES string of the molecule is CCC(=S)NC[C@H]1CN(c2ccc(N3CCN(C(=O)[C@H](COC)OC)CC3)c(F)c2)C(=O)O1. The number of methoxy groups -OCH3 is 2. The van der Waals surface area contributed by atoms with Gasteiger partial charge in [0.1, 0.15) is 11.9 Å². The van der Waals surface area contributed by atoms with Crippen molar-refractivity contribution in [3.63, 3.8) is 0 Å². The second kappa shape index (κ2) is 11.6. The van der Waals surface area contributed by atoms with E-state index in [-0.39, 0.29) is 18.6 Å². The van der Waals surface area contributed by atoms with Gasteiger partial charge in [0, 0.05) is 40.4 Å². The number of halogens is 1. The highest BCUT2D eigenvalue weighted by Crippen LogP contribution is 2.28. The molecule has 2 saturated heterocycles. The number of hydrogen-bond donors (Lipinski definition) is 1. The van der Waals surface area contributed by atoms with Gasteiger partial charge in [-0.15, -0.1) is 0 Å². The van der Waals surface area contributed by atoms with E-state index >= 15 is 0 Å². The third-order valence-electron chi connectivity index (χ3n) is 5.78. The van der Waals surface area contributed by atoms with E-state index in [0.29, 0.717) is 55.6 Å². The van der Waals surface area contributed by atoms with Crippen molar-refractivity contribution in [3.8, 4) is 0 Å². The number of ether oxygens (including phenoxy) is 3. The van der Waals surface area contributed by atoms with E-state index in [9.17, 15) is 14.0 Å². The van der Waals surface area contributed by atoms with Crippen molar-refractivity contribution >= 4 is 40.6 Å². The summed E-state index contributed by atoms with van der Waals surface area (Å²) in [4.78, 5) is 30.5. The molecule has 0 aliphatic carbocycles. The van der Waals surface area contributed by atoms with Crippen LogP contribution in [-0.2, 0) is 19.0 Å². The molecule has 1 aromatic rings. The lowest BCUT2D eigenvalue weighted by Gasteiger charge is -2.37. The van der Waals surface area contributed by atoms with E-state index in [2.05, 4.69) is 5.32 Å². The predicted molar refractivity (Wildman–Crippen MR) is 126 cm³/mol. The minimum absolute atomic E-state index is 0.133. The Bertz CT molecular complexity index is 865. The van der Waals surface area contributed by atoms with Crippen LogP contribution in [0.1, 0.15) is 13.3 Å². The topological polar surface area (TPSA) is 83.6 Å². The smallest absolute Gasteiger partial charge is 0.414 e. The summed E-state index contributed by atoms with van der Waals surface area (Å²) in [6.45, 7) is 4.76. The molecule has 1 aromatic carbocycles. The van der Waals surface area contributed by atoms with E-state index in [0.717, 1.165) is 6.42 Å². The maximum absolute atomic E-state index is 15.0. The molecule has 2 fully saturated rings. The molecule has 9 nitrogen and oxygen atoms in total. The number of carbonyl (C=O) groups excluding carboxylic acids is 2. The van der Waals surface area contributed by atoms with Crippen LogP contribution in [-0.4, -0.2) is 94.2 Å². The zero-order chi connectivity index (χ0) is 24.0. The highest BCUT2D eigenvalue weighted by Gasteiger charge is 2.33. The molecule has 3 rings (SSSR count).